The quantitative estimate of drug-likeness (QED) is 0.478. The zero-order chi connectivity index (χ0) is 23.3. The molecule has 2 fully saturated rings. The number of carbonyl (C=O) groups excluding carboxylic acids is 3. The van der Waals surface area contributed by atoms with Gasteiger partial charge in [-0.15, -0.1) is 0 Å². The van der Waals surface area contributed by atoms with Gasteiger partial charge in [0.2, 0.25) is 11.8 Å². The molecule has 30 heavy (non-hydrogen) atoms. The fourth-order valence-electron chi connectivity index (χ4n) is 3.51. The molecule has 0 aromatic rings. The van der Waals surface area contributed by atoms with Crippen molar-refractivity contribution in [3.05, 3.63) is 0 Å². The van der Waals surface area contributed by atoms with Crippen molar-refractivity contribution in [3.63, 3.8) is 0 Å². The predicted octanol–water partition coefficient (Wildman–Crippen LogP) is 4.16. The summed E-state index contributed by atoms with van der Waals surface area (Å²) in [7, 11) is -4.14. The molecule has 2 aliphatic rings. The Morgan fingerprint density at radius 2 is 1.33 bits per heavy atom. The van der Waals surface area contributed by atoms with E-state index < -0.39 is 39.9 Å². The maximum absolute atomic E-state index is 12.8. The standard InChI is InChI=1S/C21H40N2O5Si2/c1-19(2,3)29(7,8)27-13-14-11-21(16(24)22-18(26)23-17(21)25)12-15(14)28-30(9,10)20(4,5)6/h14-15H,11-13H2,1-10H3,(H2,22,23,24,25,26)/t14-,15+/m1/s1. The zero-order valence-corrected chi connectivity index (χ0v) is 22.3. The largest absolute Gasteiger partial charge is 0.416 e. The Morgan fingerprint density at radius 3 is 1.77 bits per heavy atom. The average Bonchev–Trinajstić information content (AvgIpc) is 2.88. The first kappa shape index (κ1) is 25.2. The van der Waals surface area contributed by atoms with Crippen LogP contribution in [-0.2, 0) is 18.4 Å². The number of barbiturate groups is 1. The first-order valence-corrected chi connectivity index (χ1v) is 16.6. The van der Waals surface area contributed by atoms with Crippen LogP contribution in [0.15, 0.2) is 0 Å². The van der Waals surface area contributed by atoms with Gasteiger partial charge in [-0.2, -0.15) is 0 Å². The highest BCUT2D eigenvalue weighted by atomic mass is 28.4. The summed E-state index contributed by atoms with van der Waals surface area (Å²) in [5, 5.41) is 4.64. The van der Waals surface area contributed by atoms with Gasteiger partial charge in [0.05, 0.1) is 6.10 Å². The van der Waals surface area contributed by atoms with Crippen molar-refractivity contribution in [2.75, 3.05) is 6.61 Å². The molecule has 2 atom stereocenters. The Kier molecular flexibility index (Phi) is 6.58. The highest BCUT2D eigenvalue weighted by Gasteiger charge is 2.59. The highest BCUT2D eigenvalue weighted by Crippen LogP contribution is 2.49. The van der Waals surface area contributed by atoms with Crippen molar-refractivity contribution in [2.45, 2.75) is 96.8 Å². The summed E-state index contributed by atoms with van der Waals surface area (Å²) in [4.78, 5) is 37.2. The summed E-state index contributed by atoms with van der Waals surface area (Å²) in [5.74, 6) is -1.12. The molecule has 1 saturated heterocycles. The Morgan fingerprint density at radius 1 is 0.867 bits per heavy atom. The number of carbonyl (C=O) groups is 3. The first-order chi connectivity index (χ1) is 13.3. The minimum absolute atomic E-state index is 0.000635. The Labute approximate surface area is 183 Å². The zero-order valence-electron chi connectivity index (χ0n) is 20.3. The molecule has 0 unspecified atom stereocenters. The lowest BCUT2D eigenvalue weighted by Gasteiger charge is -2.41. The van der Waals surface area contributed by atoms with Gasteiger partial charge in [0, 0.05) is 12.5 Å². The Balaban J connectivity index is 2.32. The maximum Gasteiger partial charge on any atom is 0.328 e. The molecule has 1 heterocycles. The second kappa shape index (κ2) is 7.83. The molecule has 2 rings (SSSR count). The minimum atomic E-state index is -2.14. The molecule has 1 aliphatic carbocycles. The molecule has 0 aromatic heterocycles. The number of hydrogen-bond donors (Lipinski definition) is 2. The van der Waals surface area contributed by atoms with Crippen molar-refractivity contribution in [1.29, 1.82) is 0 Å². The molecule has 1 spiro atoms. The second-order valence-electron chi connectivity index (χ2n) is 12.0. The number of amides is 4. The Hall–Kier alpha value is -1.04. The number of imide groups is 2. The van der Waals surface area contributed by atoms with Gasteiger partial charge in [-0.3, -0.25) is 20.2 Å². The molecule has 0 aromatic carbocycles. The van der Waals surface area contributed by atoms with E-state index in [1.54, 1.807) is 0 Å². The normalized spacial score (nSPS) is 25.5. The lowest BCUT2D eigenvalue weighted by Crippen LogP contribution is -2.61. The predicted molar refractivity (Wildman–Crippen MR) is 122 cm³/mol. The van der Waals surface area contributed by atoms with Gasteiger partial charge in [0.25, 0.3) is 0 Å². The molecule has 0 bridgehead atoms. The Bertz CT molecular complexity index is 702. The summed E-state index contributed by atoms with van der Waals surface area (Å²) in [6.07, 6.45) is 0.335. The third kappa shape index (κ3) is 4.73. The van der Waals surface area contributed by atoms with Crippen LogP contribution in [0.25, 0.3) is 0 Å². The summed E-state index contributed by atoms with van der Waals surface area (Å²) >= 11 is 0. The summed E-state index contributed by atoms with van der Waals surface area (Å²) < 4.78 is 13.2. The van der Waals surface area contributed by atoms with E-state index in [-0.39, 0.29) is 28.5 Å². The van der Waals surface area contributed by atoms with E-state index in [1.807, 2.05) is 0 Å². The molecule has 1 saturated carbocycles. The fourth-order valence-corrected chi connectivity index (χ4v) is 5.96. The number of rotatable bonds is 5. The molecule has 1 aliphatic heterocycles. The van der Waals surface area contributed by atoms with E-state index in [0.29, 0.717) is 13.0 Å². The van der Waals surface area contributed by atoms with E-state index in [0.717, 1.165) is 0 Å². The van der Waals surface area contributed by atoms with Gasteiger partial charge in [-0.25, -0.2) is 4.79 Å². The monoisotopic (exact) mass is 456 g/mol. The SMILES string of the molecule is CC(C)(C)[Si](C)(C)OC[C@H]1CC2(C[C@@H]1O[Si](C)(C)C(C)(C)C)C(=O)NC(=O)NC2=O. The summed E-state index contributed by atoms with van der Waals surface area (Å²) in [5.41, 5.74) is -1.28. The molecular weight excluding hydrogens is 416 g/mol. The minimum Gasteiger partial charge on any atom is -0.416 e. The third-order valence-corrected chi connectivity index (χ3v) is 16.7. The van der Waals surface area contributed by atoms with Crippen molar-refractivity contribution in [1.82, 2.24) is 10.6 Å². The lowest BCUT2D eigenvalue weighted by atomic mass is 9.82. The van der Waals surface area contributed by atoms with Crippen molar-refractivity contribution in [2.24, 2.45) is 11.3 Å². The van der Waals surface area contributed by atoms with E-state index in [9.17, 15) is 14.4 Å². The van der Waals surface area contributed by atoms with Crippen LogP contribution in [0, 0.1) is 11.3 Å². The van der Waals surface area contributed by atoms with Crippen molar-refractivity contribution >= 4 is 34.5 Å². The summed E-state index contributed by atoms with van der Waals surface area (Å²) in [6, 6.07) is -0.751. The highest BCUT2D eigenvalue weighted by molar-refractivity contribution is 6.74. The molecule has 9 heteroatoms. The van der Waals surface area contributed by atoms with Crippen molar-refractivity contribution < 1.29 is 23.2 Å². The maximum atomic E-state index is 12.8. The fraction of sp³-hybridized carbons (Fsp3) is 0.857. The van der Waals surface area contributed by atoms with Crippen LogP contribution >= 0.6 is 0 Å². The van der Waals surface area contributed by atoms with Crippen molar-refractivity contribution in [3.8, 4) is 0 Å². The number of urea groups is 1. The van der Waals surface area contributed by atoms with Crippen LogP contribution in [0.1, 0.15) is 54.4 Å². The van der Waals surface area contributed by atoms with Gasteiger partial charge < -0.3 is 8.85 Å². The molecule has 0 radical (unpaired) electrons. The number of nitrogens with one attached hydrogen (secondary N) is 2. The van der Waals surface area contributed by atoms with E-state index >= 15 is 0 Å². The molecular formula is C21H40N2O5Si2. The first-order valence-electron chi connectivity index (χ1n) is 10.8. The third-order valence-electron chi connectivity index (χ3n) is 7.73. The molecule has 4 amide bonds. The lowest BCUT2D eigenvalue weighted by molar-refractivity contribution is -0.144. The average molecular weight is 457 g/mol. The summed E-state index contributed by atoms with van der Waals surface area (Å²) in [6.45, 7) is 22.3. The molecule has 7 nitrogen and oxygen atoms in total. The van der Waals surface area contributed by atoms with Gasteiger partial charge in [-0.1, -0.05) is 41.5 Å². The van der Waals surface area contributed by atoms with Gasteiger partial charge >= 0.3 is 6.03 Å². The topological polar surface area (TPSA) is 93.7 Å². The van der Waals surface area contributed by atoms with Gasteiger partial charge in [0.15, 0.2) is 16.6 Å². The smallest absolute Gasteiger partial charge is 0.328 e. The van der Waals surface area contributed by atoms with Crippen LogP contribution in [0.4, 0.5) is 4.79 Å². The van der Waals surface area contributed by atoms with Crippen LogP contribution < -0.4 is 10.6 Å². The van der Waals surface area contributed by atoms with E-state index in [2.05, 4.69) is 78.4 Å². The van der Waals surface area contributed by atoms with Gasteiger partial charge in [0.1, 0.15) is 5.41 Å². The van der Waals surface area contributed by atoms with Gasteiger partial charge in [-0.05, 0) is 49.1 Å². The second-order valence-corrected chi connectivity index (χ2v) is 21.5. The van der Waals surface area contributed by atoms with Crippen LogP contribution in [-0.4, -0.2) is 47.2 Å². The van der Waals surface area contributed by atoms with Crippen LogP contribution in [0.2, 0.25) is 36.3 Å². The molecule has 172 valence electrons. The molecule has 2 N–H and O–H groups in total. The number of hydrogen-bond acceptors (Lipinski definition) is 5. The van der Waals surface area contributed by atoms with E-state index in [1.165, 1.54) is 0 Å². The van der Waals surface area contributed by atoms with Crippen LogP contribution in [0.3, 0.4) is 0 Å². The van der Waals surface area contributed by atoms with E-state index in [4.69, 9.17) is 8.85 Å². The van der Waals surface area contributed by atoms with Crippen LogP contribution in [0.5, 0.6) is 0 Å².